The second-order valence-corrected chi connectivity index (χ2v) is 3.57. The summed E-state index contributed by atoms with van der Waals surface area (Å²) in [5.74, 6) is -2.60. The molecule has 0 bridgehead atoms. The Hall–Kier alpha value is 1.64. The third-order valence-corrected chi connectivity index (χ3v) is 1.44. The van der Waals surface area contributed by atoms with E-state index in [4.69, 9.17) is 10.2 Å². The summed E-state index contributed by atoms with van der Waals surface area (Å²) >= 11 is 7.01. The Bertz CT molecular complexity index is 172. The predicted octanol–water partition coefficient (Wildman–Crippen LogP) is -1.20. The van der Waals surface area contributed by atoms with E-state index < -0.39 is 22.4 Å². The number of carbonyl (C=O) groups is 2. The fourth-order valence-electron chi connectivity index (χ4n) is 0.286. The van der Waals surface area contributed by atoms with Crippen molar-refractivity contribution in [2.24, 2.45) is 0 Å². The van der Waals surface area contributed by atoms with Crippen LogP contribution < -0.4 is 0 Å². The van der Waals surface area contributed by atoms with Gasteiger partial charge in [-0.1, -0.05) is 0 Å². The van der Waals surface area contributed by atoms with Crippen molar-refractivity contribution in [1.82, 2.24) is 0 Å². The number of rotatable bonds is 3. The topological polar surface area (TPSA) is 74.6 Å². The van der Waals surface area contributed by atoms with Gasteiger partial charge in [0.1, 0.15) is 0 Å². The first kappa shape index (κ1) is 19.2. The Morgan fingerprint density at radius 2 is 1.50 bits per heavy atom. The molecule has 4 nitrogen and oxygen atoms in total. The summed E-state index contributed by atoms with van der Waals surface area (Å²) in [6, 6.07) is 0. The Morgan fingerprint density at radius 3 is 1.58 bits per heavy atom. The Balaban J connectivity index is -0.000000405. The van der Waals surface area contributed by atoms with Gasteiger partial charge in [0.15, 0.2) is 4.08 Å². The zero-order valence-electron chi connectivity index (χ0n) is 4.81. The molecular weight excluding hydrogens is 222 g/mol. The predicted molar refractivity (Wildman–Crippen MR) is 54.9 cm³/mol. The minimum atomic E-state index is -1.77. The summed E-state index contributed by atoms with van der Waals surface area (Å²) in [6.45, 7) is 0. The van der Waals surface area contributed by atoms with Crippen LogP contribution in [0.5, 0.6) is 0 Å². The average Bonchev–Trinajstić information content (AvgIpc) is 1.60. The van der Waals surface area contributed by atoms with Crippen molar-refractivity contribution in [2.45, 2.75) is 10.5 Å². The van der Waals surface area contributed by atoms with E-state index in [1.807, 2.05) is 0 Å². The van der Waals surface area contributed by atoms with E-state index in [-0.39, 0.29) is 59.1 Å². The van der Waals surface area contributed by atoms with Crippen molar-refractivity contribution in [3.63, 3.8) is 0 Å². The van der Waals surface area contributed by atoms with Crippen LogP contribution in [0, 0.1) is 0 Å². The quantitative estimate of drug-likeness (QED) is 0.279. The molecule has 0 saturated carbocycles. The third kappa shape index (κ3) is 8.25. The zero-order valence-corrected chi connectivity index (χ0v) is 6.60. The van der Waals surface area contributed by atoms with Gasteiger partial charge in [-0.25, -0.2) is 4.79 Å². The van der Waals surface area contributed by atoms with Gasteiger partial charge in [-0.3, -0.25) is 4.79 Å². The van der Waals surface area contributed by atoms with Gasteiger partial charge in [0.2, 0.25) is 0 Å². The monoisotopic (exact) mass is 230 g/mol. The second kappa shape index (κ2) is 7.99. The van der Waals surface area contributed by atoms with Crippen LogP contribution in [0.4, 0.5) is 0 Å². The van der Waals surface area contributed by atoms with Gasteiger partial charge >= 0.3 is 71.1 Å². The van der Waals surface area contributed by atoms with Gasteiger partial charge in [-0.05, 0) is 0 Å². The second-order valence-electron chi connectivity index (χ2n) is 1.69. The molecule has 8 heteroatoms. The number of hydrogen-bond acceptors (Lipinski definition) is 4. The molecule has 0 atom stereocenters. The fraction of sp³-hybridized carbons (Fsp3) is 0.500. The van der Waals surface area contributed by atoms with Crippen molar-refractivity contribution in [3.05, 3.63) is 0 Å². The van der Waals surface area contributed by atoms with Crippen LogP contribution in [-0.2, 0) is 9.59 Å². The Kier molecular flexibility index (Phi) is 12.8. The Morgan fingerprint density at radius 1 is 1.17 bits per heavy atom. The molecule has 0 fully saturated rings. The molecule has 0 aliphatic heterocycles. The van der Waals surface area contributed by atoms with E-state index in [0.29, 0.717) is 0 Å². The molecule has 0 spiro atoms. The standard InChI is InChI=1S/C4H6O4S2.2Na.2H/c5-2(6)1-4(9,10)3(7)8;;;;/h9-10H,1H2,(H,5,6)(H,7,8);;;;. The Labute approximate surface area is 125 Å². The van der Waals surface area contributed by atoms with E-state index >= 15 is 0 Å². The fourth-order valence-corrected chi connectivity index (χ4v) is 0.557. The summed E-state index contributed by atoms with van der Waals surface area (Å²) in [6.07, 6.45) is -0.617. The zero-order chi connectivity index (χ0) is 8.36. The molecule has 0 aliphatic carbocycles. The van der Waals surface area contributed by atoms with Crippen molar-refractivity contribution >= 4 is 96.3 Å². The number of carboxylic acid groups (broad SMARTS) is 2. The summed E-state index contributed by atoms with van der Waals surface area (Å²) in [7, 11) is 0. The van der Waals surface area contributed by atoms with Gasteiger partial charge < -0.3 is 10.2 Å². The van der Waals surface area contributed by atoms with Crippen LogP contribution in [0.1, 0.15) is 6.42 Å². The number of thiol groups is 2. The van der Waals surface area contributed by atoms with E-state index in [2.05, 4.69) is 25.3 Å². The van der Waals surface area contributed by atoms with Crippen molar-refractivity contribution < 1.29 is 19.8 Å². The van der Waals surface area contributed by atoms with Crippen molar-refractivity contribution in [3.8, 4) is 0 Å². The molecule has 0 radical (unpaired) electrons. The van der Waals surface area contributed by atoms with Gasteiger partial charge in [-0.15, -0.1) is 25.3 Å². The normalized spacial score (nSPS) is 9.17. The van der Waals surface area contributed by atoms with Crippen LogP contribution >= 0.6 is 25.3 Å². The molecule has 12 heavy (non-hydrogen) atoms. The van der Waals surface area contributed by atoms with Gasteiger partial charge in [-0.2, -0.15) is 0 Å². The van der Waals surface area contributed by atoms with E-state index in [1.165, 1.54) is 0 Å². The van der Waals surface area contributed by atoms with Crippen LogP contribution in [0.3, 0.4) is 0 Å². The number of carboxylic acids is 2. The first-order valence-corrected chi connectivity index (χ1v) is 3.15. The number of aliphatic carboxylic acids is 2. The van der Waals surface area contributed by atoms with Crippen molar-refractivity contribution in [2.75, 3.05) is 0 Å². The molecule has 0 heterocycles. The minimum absolute atomic E-state index is 0. The van der Waals surface area contributed by atoms with Crippen LogP contribution in [0.15, 0.2) is 0 Å². The molecule has 0 amide bonds. The molecule has 0 rings (SSSR count). The molecule has 62 valence electrons. The first-order chi connectivity index (χ1) is 4.36. The third-order valence-electron chi connectivity index (χ3n) is 0.740. The molecule has 0 saturated heterocycles. The van der Waals surface area contributed by atoms with Gasteiger partial charge in [0.05, 0.1) is 6.42 Å². The molecular formula is C4H8Na2O4S2. The molecule has 0 aromatic heterocycles. The van der Waals surface area contributed by atoms with Gasteiger partial charge in [0, 0.05) is 0 Å². The summed E-state index contributed by atoms with van der Waals surface area (Å²) < 4.78 is -1.77. The van der Waals surface area contributed by atoms with Crippen LogP contribution in [-0.4, -0.2) is 85.3 Å². The van der Waals surface area contributed by atoms with Crippen molar-refractivity contribution in [1.29, 1.82) is 0 Å². The average molecular weight is 230 g/mol. The summed E-state index contributed by atoms with van der Waals surface area (Å²) in [4.78, 5) is 20.1. The van der Waals surface area contributed by atoms with E-state index in [9.17, 15) is 9.59 Å². The van der Waals surface area contributed by atoms with Crippen LogP contribution in [0.2, 0.25) is 0 Å². The van der Waals surface area contributed by atoms with Crippen LogP contribution in [0.25, 0.3) is 0 Å². The molecule has 0 aliphatic rings. The van der Waals surface area contributed by atoms with Gasteiger partial charge in [0.25, 0.3) is 0 Å². The van der Waals surface area contributed by atoms with E-state index in [0.717, 1.165) is 0 Å². The maximum absolute atomic E-state index is 10.1. The first-order valence-electron chi connectivity index (χ1n) is 2.26. The summed E-state index contributed by atoms with van der Waals surface area (Å²) in [5.41, 5.74) is 0. The number of hydrogen-bond donors (Lipinski definition) is 4. The summed E-state index contributed by atoms with van der Waals surface area (Å²) in [5, 5.41) is 16.4. The molecule has 0 aromatic rings. The maximum atomic E-state index is 10.1. The van der Waals surface area contributed by atoms with E-state index in [1.54, 1.807) is 0 Å². The SMILES string of the molecule is O=C(O)CC(S)(S)C(=O)O.[NaH].[NaH]. The molecule has 0 unspecified atom stereocenters. The molecule has 2 N–H and O–H groups in total. The molecule has 0 aromatic carbocycles.